The molecular weight excluding hydrogens is 284 g/mol. The number of rotatable bonds is 9. The van der Waals surface area contributed by atoms with Crippen molar-refractivity contribution in [2.24, 2.45) is 0 Å². The van der Waals surface area contributed by atoms with Gasteiger partial charge in [-0.1, -0.05) is 6.92 Å². The summed E-state index contributed by atoms with van der Waals surface area (Å²) < 4.78 is 32.0. The Balaban J connectivity index is 2.70. The molecule has 2 N–H and O–H groups in total. The van der Waals surface area contributed by atoms with Crippen LogP contribution >= 0.6 is 11.3 Å². The predicted octanol–water partition coefficient (Wildman–Crippen LogP) is 1.56. The highest BCUT2D eigenvalue weighted by Crippen LogP contribution is 2.21. The van der Waals surface area contributed by atoms with Gasteiger partial charge in [-0.05, 0) is 31.3 Å². The number of sulfonamides is 1. The van der Waals surface area contributed by atoms with Crippen molar-refractivity contribution < 1.29 is 13.2 Å². The van der Waals surface area contributed by atoms with Crippen LogP contribution in [0, 0.1) is 0 Å². The van der Waals surface area contributed by atoms with E-state index in [4.69, 9.17) is 4.74 Å². The molecule has 1 aromatic rings. The lowest BCUT2D eigenvalue weighted by molar-refractivity contribution is 0.122. The van der Waals surface area contributed by atoms with E-state index in [2.05, 4.69) is 17.0 Å². The van der Waals surface area contributed by atoms with Crippen molar-refractivity contribution in [3.8, 4) is 0 Å². The third-order valence-corrected chi connectivity index (χ3v) is 5.23. The van der Waals surface area contributed by atoms with Gasteiger partial charge in [-0.25, -0.2) is 13.1 Å². The van der Waals surface area contributed by atoms with Gasteiger partial charge in [-0.2, -0.15) is 0 Å². The first kappa shape index (κ1) is 16.6. The molecule has 0 aliphatic rings. The lowest BCUT2D eigenvalue weighted by Gasteiger charge is -2.12. The van der Waals surface area contributed by atoms with Crippen LogP contribution in [0.3, 0.4) is 0 Å². The first-order valence-electron chi connectivity index (χ1n) is 6.30. The Kier molecular flexibility index (Phi) is 6.95. The van der Waals surface area contributed by atoms with Gasteiger partial charge in [0.2, 0.25) is 10.0 Å². The summed E-state index contributed by atoms with van der Waals surface area (Å²) >= 11 is 1.45. The highest BCUT2D eigenvalue weighted by Gasteiger charge is 2.19. The second-order valence-electron chi connectivity index (χ2n) is 4.28. The molecule has 7 heteroatoms. The van der Waals surface area contributed by atoms with Crippen LogP contribution in [0.25, 0.3) is 0 Å². The van der Waals surface area contributed by atoms with Gasteiger partial charge in [0.25, 0.3) is 0 Å². The van der Waals surface area contributed by atoms with Crippen LogP contribution in [0.1, 0.15) is 25.1 Å². The van der Waals surface area contributed by atoms with Crippen molar-refractivity contribution in [3.05, 3.63) is 16.3 Å². The molecule has 0 saturated carbocycles. The standard InChI is InChI=1S/C12H22N2O3S2/c1-4-6-13-9-11-12(5-7-18-11)19(15,16)14-8-10(2)17-3/h5,7,10,13-14H,4,6,8-9H2,1-3H3. The molecular formula is C12H22N2O3S2. The first-order chi connectivity index (χ1) is 9.01. The minimum absolute atomic E-state index is 0.143. The van der Waals surface area contributed by atoms with Gasteiger partial charge in [0, 0.05) is 25.1 Å². The average molecular weight is 306 g/mol. The number of nitrogens with one attached hydrogen (secondary N) is 2. The van der Waals surface area contributed by atoms with Gasteiger partial charge in [0.05, 0.1) is 11.0 Å². The Labute approximate surface area is 119 Å². The highest BCUT2D eigenvalue weighted by molar-refractivity contribution is 7.89. The van der Waals surface area contributed by atoms with Gasteiger partial charge in [0.1, 0.15) is 0 Å². The van der Waals surface area contributed by atoms with E-state index >= 15 is 0 Å². The summed E-state index contributed by atoms with van der Waals surface area (Å²) in [6, 6.07) is 1.65. The minimum atomic E-state index is -3.45. The third-order valence-electron chi connectivity index (χ3n) is 2.67. The van der Waals surface area contributed by atoms with Crippen molar-refractivity contribution in [2.45, 2.75) is 37.8 Å². The van der Waals surface area contributed by atoms with Gasteiger partial charge in [0.15, 0.2) is 0 Å². The quantitative estimate of drug-likeness (QED) is 0.680. The van der Waals surface area contributed by atoms with Crippen LogP contribution in [-0.2, 0) is 21.3 Å². The van der Waals surface area contributed by atoms with E-state index in [-0.39, 0.29) is 12.6 Å². The number of hydrogen-bond acceptors (Lipinski definition) is 5. The summed E-state index contributed by atoms with van der Waals surface area (Å²) in [4.78, 5) is 1.20. The van der Waals surface area contributed by atoms with Crippen molar-refractivity contribution in [1.82, 2.24) is 10.0 Å². The van der Waals surface area contributed by atoms with Crippen molar-refractivity contribution >= 4 is 21.4 Å². The number of thiophene rings is 1. The summed E-state index contributed by atoms with van der Waals surface area (Å²) in [6.45, 7) is 5.64. The van der Waals surface area contributed by atoms with E-state index in [1.165, 1.54) is 11.3 Å². The van der Waals surface area contributed by atoms with Gasteiger partial charge >= 0.3 is 0 Å². The molecule has 1 aromatic heterocycles. The Morgan fingerprint density at radius 3 is 2.84 bits per heavy atom. The van der Waals surface area contributed by atoms with Crippen LogP contribution in [0.5, 0.6) is 0 Å². The van der Waals surface area contributed by atoms with Gasteiger partial charge in [-0.15, -0.1) is 11.3 Å². The van der Waals surface area contributed by atoms with Crippen molar-refractivity contribution in [2.75, 3.05) is 20.2 Å². The molecule has 0 saturated heterocycles. The maximum atomic E-state index is 12.2. The molecule has 0 radical (unpaired) electrons. The monoisotopic (exact) mass is 306 g/mol. The summed E-state index contributed by atoms with van der Waals surface area (Å²) in [5, 5.41) is 5.02. The Morgan fingerprint density at radius 2 is 2.21 bits per heavy atom. The van der Waals surface area contributed by atoms with Crippen molar-refractivity contribution in [3.63, 3.8) is 0 Å². The largest absolute Gasteiger partial charge is 0.380 e. The third kappa shape index (κ3) is 5.19. The Hall–Kier alpha value is -0.470. The van der Waals surface area contributed by atoms with Gasteiger partial charge < -0.3 is 10.1 Å². The molecule has 1 unspecified atom stereocenters. The molecule has 0 aromatic carbocycles. The molecule has 0 aliphatic carbocycles. The zero-order chi connectivity index (χ0) is 14.3. The van der Waals surface area contributed by atoms with Crippen LogP contribution in [0.4, 0.5) is 0 Å². The van der Waals surface area contributed by atoms with E-state index in [9.17, 15) is 8.42 Å². The molecule has 0 amide bonds. The fraction of sp³-hybridized carbons (Fsp3) is 0.667. The van der Waals surface area contributed by atoms with E-state index < -0.39 is 10.0 Å². The first-order valence-corrected chi connectivity index (χ1v) is 8.67. The average Bonchev–Trinajstić information content (AvgIpc) is 2.85. The SMILES string of the molecule is CCCNCc1sccc1S(=O)(=O)NCC(C)OC. The van der Waals surface area contributed by atoms with Gasteiger partial charge in [-0.3, -0.25) is 0 Å². The summed E-state index contributed by atoms with van der Waals surface area (Å²) in [7, 11) is -1.89. The summed E-state index contributed by atoms with van der Waals surface area (Å²) in [6.07, 6.45) is 0.881. The molecule has 19 heavy (non-hydrogen) atoms. The zero-order valence-electron chi connectivity index (χ0n) is 11.6. The molecule has 1 atom stereocenters. The van der Waals surface area contributed by atoms with E-state index in [1.54, 1.807) is 18.6 Å². The van der Waals surface area contributed by atoms with Crippen LogP contribution in [0.2, 0.25) is 0 Å². The Morgan fingerprint density at radius 1 is 1.47 bits per heavy atom. The summed E-state index contributed by atoms with van der Waals surface area (Å²) in [5.74, 6) is 0. The number of methoxy groups -OCH3 is 1. The number of ether oxygens (including phenoxy) is 1. The molecule has 0 bridgehead atoms. The molecule has 110 valence electrons. The zero-order valence-corrected chi connectivity index (χ0v) is 13.2. The maximum absolute atomic E-state index is 12.2. The molecule has 0 spiro atoms. The Bertz CT molecular complexity index is 471. The highest BCUT2D eigenvalue weighted by atomic mass is 32.2. The van der Waals surface area contributed by atoms with Crippen molar-refractivity contribution in [1.29, 1.82) is 0 Å². The van der Waals surface area contributed by atoms with E-state index in [0.717, 1.165) is 17.8 Å². The topological polar surface area (TPSA) is 67.4 Å². The predicted molar refractivity (Wildman–Crippen MR) is 78.0 cm³/mol. The fourth-order valence-electron chi connectivity index (χ4n) is 1.46. The molecule has 1 heterocycles. The second kappa shape index (κ2) is 7.96. The van der Waals surface area contributed by atoms with Crippen LogP contribution < -0.4 is 10.0 Å². The van der Waals surface area contributed by atoms with E-state index in [1.807, 2.05) is 6.92 Å². The molecule has 5 nitrogen and oxygen atoms in total. The fourth-order valence-corrected chi connectivity index (χ4v) is 3.99. The lowest BCUT2D eigenvalue weighted by Crippen LogP contribution is -2.32. The molecule has 0 aliphatic heterocycles. The lowest BCUT2D eigenvalue weighted by atomic mass is 10.4. The summed E-state index contributed by atoms with van der Waals surface area (Å²) in [5.41, 5.74) is 0. The smallest absolute Gasteiger partial charge is 0.241 e. The minimum Gasteiger partial charge on any atom is -0.380 e. The van der Waals surface area contributed by atoms with Crippen LogP contribution in [-0.4, -0.2) is 34.7 Å². The molecule has 1 rings (SSSR count). The number of hydrogen-bond donors (Lipinski definition) is 2. The normalized spacial score (nSPS) is 13.6. The molecule has 0 fully saturated rings. The van der Waals surface area contributed by atoms with Crippen LogP contribution in [0.15, 0.2) is 16.3 Å². The second-order valence-corrected chi connectivity index (χ2v) is 7.02. The maximum Gasteiger partial charge on any atom is 0.241 e. The van der Waals surface area contributed by atoms with E-state index in [0.29, 0.717) is 11.4 Å².